The van der Waals surface area contributed by atoms with E-state index in [1.54, 1.807) is 43.5 Å². The summed E-state index contributed by atoms with van der Waals surface area (Å²) in [6, 6.07) is 13.9. The first-order valence-electron chi connectivity index (χ1n) is 14.4. The molecule has 1 saturated carbocycles. The maximum absolute atomic E-state index is 14.3. The smallest absolute Gasteiger partial charge is 0.269 e. The van der Waals surface area contributed by atoms with E-state index >= 15 is 0 Å². The lowest BCUT2D eigenvalue weighted by Crippen LogP contribution is -2.40. The van der Waals surface area contributed by atoms with Crippen LogP contribution in [0.15, 0.2) is 60.9 Å². The summed E-state index contributed by atoms with van der Waals surface area (Å²) in [4.78, 5) is 36.0. The van der Waals surface area contributed by atoms with Gasteiger partial charge in [0.2, 0.25) is 0 Å². The lowest BCUT2D eigenvalue weighted by Gasteiger charge is -2.33. The number of ether oxygens (including phenoxy) is 2. The number of likely N-dealkylation sites (tertiary alicyclic amines) is 1. The van der Waals surface area contributed by atoms with Crippen LogP contribution in [0.4, 0.5) is 11.4 Å². The molecule has 41 heavy (non-hydrogen) atoms. The second-order valence-corrected chi connectivity index (χ2v) is 12.1. The molecule has 1 aliphatic carbocycles. The molecule has 1 aliphatic heterocycles. The van der Waals surface area contributed by atoms with Crippen LogP contribution in [0.2, 0.25) is 0 Å². The lowest BCUT2D eigenvalue weighted by atomic mass is 9.86. The third-order valence-electron chi connectivity index (χ3n) is 7.94. The van der Waals surface area contributed by atoms with Crippen molar-refractivity contribution in [3.8, 4) is 11.5 Å². The van der Waals surface area contributed by atoms with Crippen molar-refractivity contribution in [2.24, 2.45) is 5.92 Å². The molecule has 0 radical (unpaired) electrons. The second kappa shape index (κ2) is 11.9. The highest BCUT2D eigenvalue weighted by Gasteiger charge is 2.32. The minimum atomic E-state index is -0.521. The van der Waals surface area contributed by atoms with Gasteiger partial charge >= 0.3 is 0 Å². The molecule has 0 bridgehead atoms. The molecule has 0 atom stereocenters. The molecule has 8 heteroatoms. The Morgan fingerprint density at radius 3 is 2.32 bits per heavy atom. The molecule has 2 amide bonds. The molecular formula is C33H40N4O4. The molecule has 5 rings (SSSR count). The van der Waals surface area contributed by atoms with Crippen molar-refractivity contribution in [2.45, 2.75) is 58.0 Å². The molecule has 2 N–H and O–H groups in total. The fourth-order valence-electron chi connectivity index (χ4n) is 5.20. The number of piperidine rings is 1. The summed E-state index contributed by atoms with van der Waals surface area (Å²) in [5, 5.41) is 0. The van der Waals surface area contributed by atoms with Gasteiger partial charge in [-0.15, -0.1) is 0 Å². The van der Waals surface area contributed by atoms with E-state index in [4.69, 9.17) is 15.2 Å². The Kier molecular flexibility index (Phi) is 8.31. The molecule has 2 heterocycles. The van der Waals surface area contributed by atoms with Crippen LogP contribution in [-0.4, -0.2) is 54.5 Å². The number of nitrogen functional groups attached to an aromatic ring is 1. The molecule has 2 aliphatic rings. The Balaban J connectivity index is 1.49. The highest BCUT2D eigenvalue weighted by atomic mass is 16.5. The van der Waals surface area contributed by atoms with Gasteiger partial charge < -0.3 is 20.1 Å². The van der Waals surface area contributed by atoms with Crippen LogP contribution in [-0.2, 0) is 5.41 Å². The standard InChI is InChI=1S/C33H40N4O4/c1-33(2,3)24-9-12-27(30(19-24)41-26-14-17-36(18-15-26)21-22-5-6-22)32(39)37(29-20-35-16-13-28(29)34)31(38)23-7-10-25(40-4)11-8-23/h7-13,16,19-20,22,26H,5-6,14-15,17-18,21H2,1-4H3,(H2,34,35). The molecule has 216 valence electrons. The SMILES string of the molecule is COc1ccc(C(=O)N(C(=O)c2ccc(C(C)(C)C)cc2OC2CCN(CC3CC3)CC2)c2cnccc2N)cc1. The molecular weight excluding hydrogens is 516 g/mol. The minimum absolute atomic E-state index is 0.0126. The number of hydrogen-bond donors (Lipinski definition) is 1. The zero-order valence-corrected chi connectivity index (χ0v) is 24.4. The molecule has 2 fully saturated rings. The number of rotatable bonds is 8. The third kappa shape index (κ3) is 6.70. The van der Waals surface area contributed by atoms with Gasteiger partial charge in [0, 0.05) is 31.4 Å². The average molecular weight is 557 g/mol. The summed E-state index contributed by atoms with van der Waals surface area (Å²) in [6.07, 6.45) is 7.43. The van der Waals surface area contributed by atoms with Crippen LogP contribution in [0.25, 0.3) is 0 Å². The molecule has 8 nitrogen and oxygen atoms in total. The van der Waals surface area contributed by atoms with Crippen LogP contribution >= 0.6 is 0 Å². The van der Waals surface area contributed by atoms with Crippen molar-refractivity contribution in [1.82, 2.24) is 9.88 Å². The van der Waals surface area contributed by atoms with Crippen molar-refractivity contribution >= 4 is 23.2 Å². The van der Waals surface area contributed by atoms with Gasteiger partial charge in [-0.2, -0.15) is 0 Å². The number of carbonyl (C=O) groups excluding carboxylic acids is 2. The zero-order chi connectivity index (χ0) is 29.1. The van der Waals surface area contributed by atoms with E-state index < -0.39 is 11.8 Å². The summed E-state index contributed by atoms with van der Waals surface area (Å²) < 4.78 is 11.8. The van der Waals surface area contributed by atoms with Crippen LogP contribution < -0.4 is 20.1 Å². The number of benzene rings is 2. The Bertz CT molecular complexity index is 1390. The zero-order valence-electron chi connectivity index (χ0n) is 24.4. The maximum Gasteiger partial charge on any atom is 0.269 e. The quantitative estimate of drug-likeness (QED) is 0.355. The third-order valence-corrected chi connectivity index (χ3v) is 7.94. The summed E-state index contributed by atoms with van der Waals surface area (Å²) in [7, 11) is 1.56. The van der Waals surface area contributed by atoms with Gasteiger partial charge in [-0.3, -0.25) is 14.6 Å². The number of nitrogens with two attached hydrogens (primary N) is 1. The van der Waals surface area contributed by atoms with Gasteiger partial charge in [-0.05, 0) is 85.0 Å². The number of hydrogen-bond acceptors (Lipinski definition) is 7. The topological polar surface area (TPSA) is 98.0 Å². The Hall–Kier alpha value is -3.91. The first-order chi connectivity index (χ1) is 19.6. The fourth-order valence-corrected chi connectivity index (χ4v) is 5.20. The van der Waals surface area contributed by atoms with Gasteiger partial charge in [0.25, 0.3) is 11.8 Å². The van der Waals surface area contributed by atoms with Crippen molar-refractivity contribution in [2.75, 3.05) is 37.4 Å². The van der Waals surface area contributed by atoms with E-state index in [1.807, 2.05) is 12.1 Å². The summed E-state index contributed by atoms with van der Waals surface area (Å²) in [6.45, 7) is 9.51. The Morgan fingerprint density at radius 1 is 1.00 bits per heavy atom. The lowest BCUT2D eigenvalue weighted by molar-refractivity contribution is 0.0873. The normalized spacial score (nSPS) is 16.3. The fraction of sp³-hybridized carbons (Fsp3) is 0.424. The highest BCUT2D eigenvalue weighted by molar-refractivity contribution is 6.27. The first kappa shape index (κ1) is 28.6. The number of amides is 2. The number of methoxy groups -OCH3 is 1. The largest absolute Gasteiger partial charge is 0.497 e. The van der Waals surface area contributed by atoms with E-state index in [0.29, 0.717) is 22.6 Å². The number of anilines is 2. The molecule has 2 aromatic carbocycles. The summed E-state index contributed by atoms with van der Waals surface area (Å²) >= 11 is 0. The maximum atomic E-state index is 14.3. The van der Waals surface area contributed by atoms with Gasteiger partial charge in [-0.1, -0.05) is 26.8 Å². The predicted octanol–water partition coefficient (Wildman–Crippen LogP) is 5.71. The van der Waals surface area contributed by atoms with Crippen LogP contribution in [0.5, 0.6) is 11.5 Å². The Labute approximate surface area is 242 Å². The molecule has 0 spiro atoms. The first-order valence-corrected chi connectivity index (χ1v) is 14.4. The number of carbonyl (C=O) groups is 2. The van der Waals surface area contributed by atoms with E-state index in [0.717, 1.165) is 42.3 Å². The molecule has 1 aromatic heterocycles. The number of pyridine rings is 1. The second-order valence-electron chi connectivity index (χ2n) is 12.1. The van der Waals surface area contributed by atoms with Crippen LogP contribution in [0, 0.1) is 5.92 Å². The van der Waals surface area contributed by atoms with Crippen LogP contribution in [0.1, 0.15) is 72.7 Å². The minimum Gasteiger partial charge on any atom is -0.497 e. The van der Waals surface area contributed by atoms with Crippen molar-refractivity contribution in [1.29, 1.82) is 0 Å². The van der Waals surface area contributed by atoms with E-state index in [-0.39, 0.29) is 22.9 Å². The van der Waals surface area contributed by atoms with Gasteiger partial charge in [0.15, 0.2) is 0 Å². The monoisotopic (exact) mass is 556 g/mol. The van der Waals surface area contributed by atoms with Gasteiger partial charge in [-0.25, -0.2) is 4.90 Å². The van der Waals surface area contributed by atoms with Gasteiger partial charge in [0.05, 0.1) is 30.2 Å². The number of imide groups is 1. The summed E-state index contributed by atoms with van der Waals surface area (Å²) in [5.74, 6) is 0.910. The van der Waals surface area contributed by atoms with Gasteiger partial charge in [0.1, 0.15) is 17.6 Å². The van der Waals surface area contributed by atoms with E-state index in [9.17, 15) is 9.59 Å². The van der Waals surface area contributed by atoms with Crippen molar-refractivity contribution < 1.29 is 19.1 Å². The molecule has 3 aromatic rings. The van der Waals surface area contributed by atoms with E-state index in [2.05, 4.69) is 30.7 Å². The number of aromatic nitrogens is 1. The van der Waals surface area contributed by atoms with Crippen molar-refractivity contribution in [3.05, 3.63) is 77.6 Å². The average Bonchev–Trinajstić information content (AvgIpc) is 3.78. The predicted molar refractivity (Wildman–Crippen MR) is 161 cm³/mol. The van der Waals surface area contributed by atoms with E-state index in [1.165, 1.54) is 31.8 Å². The van der Waals surface area contributed by atoms with Crippen LogP contribution in [0.3, 0.4) is 0 Å². The number of nitrogens with zero attached hydrogens (tertiary/aromatic N) is 3. The molecule has 0 unspecified atom stereocenters. The highest BCUT2D eigenvalue weighted by Crippen LogP contribution is 2.35. The molecule has 1 saturated heterocycles. The summed E-state index contributed by atoms with van der Waals surface area (Å²) in [5.41, 5.74) is 8.29. The van der Waals surface area contributed by atoms with Crippen molar-refractivity contribution in [3.63, 3.8) is 0 Å². The Morgan fingerprint density at radius 2 is 1.71 bits per heavy atom.